The minimum atomic E-state index is -0.123. The molecule has 0 spiro atoms. The summed E-state index contributed by atoms with van der Waals surface area (Å²) in [4.78, 5) is 23.9. The first-order chi connectivity index (χ1) is 15.5. The second kappa shape index (κ2) is 10.2. The van der Waals surface area contributed by atoms with Crippen molar-refractivity contribution in [3.63, 3.8) is 0 Å². The van der Waals surface area contributed by atoms with Crippen LogP contribution in [0, 0.1) is 0 Å². The molecule has 0 radical (unpaired) electrons. The minimum absolute atomic E-state index is 0.00930. The van der Waals surface area contributed by atoms with E-state index in [2.05, 4.69) is 32.1 Å². The summed E-state index contributed by atoms with van der Waals surface area (Å²) in [6.07, 6.45) is 0.455. The summed E-state index contributed by atoms with van der Waals surface area (Å²) >= 11 is 2.99. The van der Waals surface area contributed by atoms with Gasteiger partial charge >= 0.3 is 0 Å². The molecule has 1 aromatic heterocycles. The van der Waals surface area contributed by atoms with Crippen molar-refractivity contribution in [3.8, 4) is 0 Å². The molecule has 0 aliphatic carbocycles. The van der Waals surface area contributed by atoms with Crippen LogP contribution in [0.3, 0.4) is 0 Å². The highest BCUT2D eigenvalue weighted by atomic mass is 32.2. The fourth-order valence-corrected chi connectivity index (χ4v) is 4.68. The predicted octanol–water partition coefficient (Wildman–Crippen LogP) is 4.20. The van der Waals surface area contributed by atoms with Crippen LogP contribution in [0.2, 0.25) is 0 Å². The van der Waals surface area contributed by atoms with Crippen molar-refractivity contribution in [3.05, 3.63) is 65.7 Å². The first kappa shape index (κ1) is 22.4. The molecule has 0 unspecified atom stereocenters. The highest BCUT2D eigenvalue weighted by Gasteiger charge is 2.24. The molecular weight excluding hydrogens is 442 g/mol. The van der Waals surface area contributed by atoms with Crippen molar-refractivity contribution in [2.45, 2.75) is 35.2 Å². The molecule has 1 amide bonds. The van der Waals surface area contributed by atoms with Crippen molar-refractivity contribution in [2.75, 3.05) is 28.6 Å². The Hall–Kier alpha value is -2.75. The third-order valence-corrected chi connectivity index (χ3v) is 6.71. The van der Waals surface area contributed by atoms with Crippen LogP contribution < -0.4 is 14.9 Å². The summed E-state index contributed by atoms with van der Waals surface area (Å²) in [6.45, 7) is 1.90. The number of benzene rings is 2. The molecule has 9 heteroatoms. The Balaban J connectivity index is 1.49. The lowest BCUT2D eigenvalue weighted by Crippen LogP contribution is -2.20. The summed E-state index contributed by atoms with van der Waals surface area (Å²) in [7, 11) is 1.80. The van der Waals surface area contributed by atoms with Crippen LogP contribution in [-0.2, 0) is 17.0 Å². The van der Waals surface area contributed by atoms with Crippen LogP contribution in [0.5, 0.6) is 0 Å². The van der Waals surface area contributed by atoms with Gasteiger partial charge in [0.15, 0.2) is 5.16 Å². The normalized spacial score (nSPS) is 13.7. The second-order valence-electron chi connectivity index (χ2n) is 7.55. The zero-order valence-electron chi connectivity index (χ0n) is 17.9. The monoisotopic (exact) mass is 467 g/mol. The van der Waals surface area contributed by atoms with Crippen LogP contribution in [0.4, 0.5) is 17.3 Å². The number of fused-ring (bicyclic) bond motifs is 1. The lowest BCUT2D eigenvalue weighted by Gasteiger charge is -2.15. The fourth-order valence-electron chi connectivity index (χ4n) is 3.23. The van der Waals surface area contributed by atoms with Gasteiger partial charge in [0.1, 0.15) is 11.6 Å². The Morgan fingerprint density at radius 1 is 1.12 bits per heavy atom. The number of nitrogens with one attached hydrogen (secondary N) is 2. The molecule has 3 N–H and O–H groups in total. The lowest BCUT2D eigenvalue weighted by atomic mass is 10.2. The van der Waals surface area contributed by atoms with Gasteiger partial charge in [-0.05, 0) is 42.1 Å². The number of likely N-dealkylation sites (N-methyl/N-ethyl adjacent to an activating group) is 1. The van der Waals surface area contributed by atoms with Crippen molar-refractivity contribution in [2.24, 2.45) is 0 Å². The number of aliphatic hydroxyl groups is 1. The van der Waals surface area contributed by atoms with Gasteiger partial charge in [-0.2, -0.15) is 0 Å². The minimum Gasteiger partial charge on any atom is -0.394 e. The molecule has 1 aliphatic rings. The van der Waals surface area contributed by atoms with Crippen molar-refractivity contribution >= 4 is 46.9 Å². The van der Waals surface area contributed by atoms with Gasteiger partial charge in [0.05, 0.1) is 13.0 Å². The molecule has 32 heavy (non-hydrogen) atoms. The zero-order chi connectivity index (χ0) is 22.5. The van der Waals surface area contributed by atoms with E-state index in [4.69, 9.17) is 0 Å². The van der Waals surface area contributed by atoms with Gasteiger partial charge in [-0.15, -0.1) is 0 Å². The molecule has 0 saturated heterocycles. The summed E-state index contributed by atoms with van der Waals surface area (Å²) in [5.41, 5.74) is 3.19. The Kier molecular flexibility index (Phi) is 7.19. The van der Waals surface area contributed by atoms with Crippen molar-refractivity contribution < 1.29 is 9.90 Å². The number of amides is 1. The van der Waals surface area contributed by atoms with E-state index in [-0.39, 0.29) is 18.6 Å². The summed E-state index contributed by atoms with van der Waals surface area (Å²) < 4.78 is 3.29. The number of anilines is 3. The topological polar surface area (TPSA) is 90.4 Å². The Morgan fingerprint density at radius 3 is 2.69 bits per heavy atom. The number of thioether (sulfide) groups is 1. The number of carbonyl (C=O) groups excluding carboxylic acids is 1. The molecule has 2 heterocycles. The predicted molar refractivity (Wildman–Crippen MR) is 131 cm³/mol. The van der Waals surface area contributed by atoms with E-state index in [1.807, 2.05) is 49.4 Å². The second-order valence-corrected chi connectivity index (χ2v) is 9.37. The quantitative estimate of drug-likeness (QED) is 0.245. The molecule has 0 bridgehead atoms. The smallest absolute Gasteiger partial charge is 0.231 e. The number of hydrogen-bond donors (Lipinski definition) is 3. The molecule has 7 nitrogen and oxygen atoms in total. The molecule has 1 aliphatic heterocycles. The van der Waals surface area contributed by atoms with Crippen LogP contribution in [0.25, 0.3) is 0 Å². The Labute approximate surface area is 196 Å². The number of rotatable bonds is 9. The molecular formula is C23H25N5O2S2. The van der Waals surface area contributed by atoms with Crippen molar-refractivity contribution in [1.82, 2.24) is 9.97 Å². The average Bonchev–Trinajstić information content (AvgIpc) is 3.10. The van der Waals surface area contributed by atoms with Gasteiger partial charge in [-0.3, -0.25) is 4.79 Å². The maximum absolute atomic E-state index is 11.9. The summed E-state index contributed by atoms with van der Waals surface area (Å²) in [6, 6.07) is 17.9. The van der Waals surface area contributed by atoms with E-state index < -0.39 is 0 Å². The van der Waals surface area contributed by atoms with Crippen LogP contribution >= 0.6 is 23.7 Å². The van der Waals surface area contributed by atoms with E-state index in [0.717, 1.165) is 21.9 Å². The first-order valence-corrected chi connectivity index (χ1v) is 12.1. The van der Waals surface area contributed by atoms with E-state index in [1.54, 1.807) is 23.7 Å². The average molecular weight is 468 g/mol. The van der Waals surface area contributed by atoms with Crippen molar-refractivity contribution in [1.29, 1.82) is 0 Å². The van der Waals surface area contributed by atoms with Crippen LogP contribution in [0.1, 0.15) is 18.1 Å². The number of aliphatic hydroxyl groups excluding tert-OH is 1. The van der Waals surface area contributed by atoms with E-state index >= 15 is 0 Å². The molecule has 0 saturated carbocycles. The maximum atomic E-state index is 11.9. The molecule has 2 aromatic carbocycles. The Bertz CT molecular complexity index is 1100. The molecule has 3 aromatic rings. The summed E-state index contributed by atoms with van der Waals surface area (Å²) in [5, 5.41) is 13.2. The zero-order valence-corrected chi connectivity index (χ0v) is 19.5. The van der Waals surface area contributed by atoms with E-state index in [9.17, 15) is 9.90 Å². The van der Waals surface area contributed by atoms with Gasteiger partial charge in [-0.1, -0.05) is 48.2 Å². The summed E-state index contributed by atoms with van der Waals surface area (Å²) in [5.74, 6) is 2.19. The largest absolute Gasteiger partial charge is 0.394 e. The number of carbonyl (C=O) groups is 1. The highest BCUT2D eigenvalue weighted by Crippen LogP contribution is 2.33. The van der Waals surface area contributed by atoms with Gasteiger partial charge in [-0.25, -0.2) is 9.97 Å². The molecule has 0 fully saturated rings. The maximum Gasteiger partial charge on any atom is 0.231 e. The van der Waals surface area contributed by atoms with E-state index in [0.29, 0.717) is 23.2 Å². The first-order valence-electron chi connectivity index (χ1n) is 10.3. The van der Waals surface area contributed by atoms with E-state index in [1.165, 1.54) is 17.5 Å². The van der Waals surface area contributed by atoms with Crippen LogP contribution in [0.15, 0.2) is 64.6 Å². The third kappa shape index (κ3) is 5.53. The van der Waals surface area contributed by atoms with Crippen LogP contribution in [-0.4, -0.2) is 40.7 Å². The standard InChI is InChI=1S/C23H25N5O2S2/c1-15(13-29)24-20-12-21(26-23(25-20)31-14-16-6-4-3-5-7-16)27-32-18-9-8-17-10-22(30)28(2)19(17)11-18/h3-9,11-12,15,29H,10,13-14H2,1-2H3,(H2,24,25,26,27)/t15-/m1/s1. The molecule has 4 rings (SSSR count). The van der Waals surface area contributed by atoms with Gasteiger partial charge in [0.2, 0.25) is 5.91 Å². The fraction of sp³-hybridized carbons (Fsp3) is 0.261. The van der Waals surface area contributed by atoms with Gasteiger partial charge < -0.3 is 20.0 Å². The molecule has 1 atom stereocenters. The highest BCUT2D eigenvalue weighted by molar-refractivity contribution is 8.00. The Morgan fingerprint density at radius 2 is 1.91 bits per heavy atom. The lowest BCUT2D eigenvalue weighted by molar-refractivity contribution is -0.117. The number of hydrogen-bond acceptors (Lipinski definition) is 8. The third-order valence-electron chi connectivity index (χ3n) is 4.99. The molecule has 166 valence electrons. The van der Waals surface area contributed by atoms with Gasteiger partial charge in [0.25, 0.3) is 0 Å². The SMILES string of the molecule is C[C@H](CO)Nc1cc(NSc2ccc3c(c2)N(C)C(=O)C3)nc(SCc2ccccc2)n1. The number of nitrogens with zero attached hydrogens (tertiary/aromatic N) is 3. The number of aromatic nitrogens is 2. The van der Waals surface area contributed by atoms with Gasteiger partial charge in [0, 0.05) is 35.5 Å².